The zero-order valence-electron chi connectivity index (χ0n) is 12.8. The van der Waals surface area contributed by atoms with Crippen LogP contribution in [0.4, 0.5) is 0 Å². The molecule has 0 saturated carbocycles. The summed E-state index contributed by atoms with van der Waals surface area (Å²) in [7, 11) is 0. The molecule has 1 N–H and O–H groups in total. The first-order chi connectivity index (χ1) is 10.4. The molecule has 1 aromatic carbocycles. The molecular formula is C18H24N2S. The van der Waals surface area contributed by atoms with Crippen molar-refractivity contribution in [1.82, 2.24) is 10.2 Å². The number of fused-ring (bicyclic) bond motifs is 1. The summed E-state index contributed by atoms with van der Waals surface area (Å²) >= 11 is 1.91. The minimum atomic E-state index is 0.988. The number of nitrogens with one attached hydrogen (secondary N) is 1. The summed E-state index contributed by atoms with van der Waals surface area (Å²) in [5, 5.41) is 5.76. The molecule has 3 rings (SSSR count). The Hall–Kier alpha value is -1.16. The van der Waals surface area contributed by atoms with E-state index in [1.54, 1.807) is 4.88 Å². The molecule has 21 heavy (non-hydrogen) atoms. The van der Waals surface area contributed by atoms with Crippen molar-refractivity contribution in [3.63, 3.8) is 0 Å². The Labute approximate surface area is 131 Å². The van der Waals surface area contributed by atoms with Gasteiger partial charge in [-0.3, -0.25) is 4.90 Å². The standard InChI is InChI=1S/C18H24N2S/c1-2-9-19-12-15-5-3-4-6-16(15)13-20-10-7-18-17(14-20)8-11-21-18/h3-6,8,11,19H,2,7,9-10,12-14H2,1H3. The SMILES string of the molecule is CCCNCc1ccccc1CN1CCc2sccc2C1. The van der Waals surface area contributed by atoms with E-state index in [2.05, 4.69) is 52.9 Å². The molecule has 0 atom stereocenters. The second kappa shape index (κ2) is 7.21. The largest absolute Gasteiger partial charge is 0.313 e. The molecule has 112 valence electrons. The number of benzene rings is 1. The number of nitrogens with zero attached hydrogens (tertiary/aromatic N) is 1. The fourth-order valence-corrected chi connectivity index (χ4v) is 3.86. The van der Waals surface area contributed by atoms with E-state index in [1.165, 1.54) is 36.1 Å². The molecule has 0 amide bonds. The van der Waals surface area contributed by atoms with Gasteiger partial charge in [0, 0.05) is 31.1 Å². The van der Waals surface area contributed by atoms with Gasteiger partial charge in [0.1, 0.15) is 0 Å². The van der Waals surface area contributed by atoms with Crippen molar-refractivity contribution in [1.29, 1.82) is 0 Å². The third-order valence-electron chi connectivity index (χ3n) is 4.14. The van der Waals surface area contributed by atoms with Gasteiger partial charge in [-0.2, -0.15) is 0 Å². The average Bonchev–Trinajstić information content (AvgIpc) is 2.97. The quantitative estimate of drug-likeness (QED) is 0.816. The van der Waals surface area contributed by atoms with Crippen LogP contribution >= 0.6 is 11.3 Å². The average molecular weight is 300 g/mol. The summed E-state index contributed by atoms with van der Waals surface area (Å²) < 4.78 is 0. The van der Waals surface area contributed by atoms with E-state index in [0.717, 1.165) is 26.2 Å². The Bertz CT molecular complexity index is 576. The first-order valence-electron chi connectivity index (χ1n) is 7.92. The summed E-state index contributed by atoms with van der Waals surface area (Å²) in [6, 6.07) is 11.2. The second-order valence-corrected chi connectivity index (χ2v) is 6.78. The zero-order valence-corrected chi connectivity index (χ0v) is 13.6. The molecular weight excluding hydrogens is 276 g/mol. The topological polar surface area (TPSA) is 15.3 Å². The van der Waals surface area contributed by atoms with E-state index in [9.17, 15) is 0 Å². The minimum absolute atomic E-state index is 0.988. The van der Waals surface area contributed by atoms with Crippen molar-refractivity contribution in [3.05, 3.63) is 57.3 Å². The van der Waals surface area contributed by atoms with E-state index in [0.29, 0.717) is 0 Å². The van der Waals surface area contributed by atoms with Gasteiger partial charge in [-0.25, -0.2) is 0 Å². The highest BCUT2D eigenvalue weighted by molar-refractivity contribution is 7.10. The van der Waals surface area contributed by atoms with Crippen molar-refractivity contribution in [2.45, 2.75) is 39.4 Å². The zero-order chi connectivity index (χ0) is 14.5. The van der Waals surface area contributed by atoms with Gasteiger partial charge in [0.05, 0.1) is 0 Å². The molecule has 0 unspecified atom stereocenters. The van der Waals surface area contributed by atoms with E-state index < -0.39 is 0 Å². The number of hydrogen-bond acceptors (Lipinski definition) is 3. The molecule has 0 spiro atoms. The molecule has 0 fully saturated rings. The highest BCUT2D eigenvalue weighted by Crippen LogP contribution is 2.25. The molecule has 0 saturated heterocycles. The van der Waals surface area contributed by atoms with Gasteiger partial charge in [0.25, 0.3) is 0 Å². The lowest BCUT2D eigenvalue weighted by Crippen LogP contribution is -2.29. The van der Waals surface area contributed by atoms with Crippen molar-refractivity contribution < 1.29 is 0 Å². The van der Waals surface area contributed by atoms with Crippen LogP contribution in [0.25, 0.3) is 0 Å². The summed E-state index contributed by atoms with van der Waals surface area (Å²) in [5.74, 6) is 0. The van der Waals surface area contributed by atoms with Crippen molar-refractivity contribution in [2.75, 3.05) is 13.1 Å². The van der Waals surface area contributed by atoms with Gasteiger partial charge in [0.15, 0.2) is 0 Å². The van der Waals surface area contributed by atoms with E-state index in [1.807, 2.05) is 11.3 Å². The Morgan fingerprint density at radius 2 is 2.05 bits per heavy atom. The summed E-state index contributed by atoms with van der Waals surface area (Å²) in [4.78, 5) is 4.16. The monoisotopic (exact) mass is 300 g/mol. The Morgan fingerprint density at radius 1 is 1.19 bits per heavy atom. The van der Waals surface area contributed by atoms with Crippen molar-refractivity contribution >= 4 is 11.3 Å². The molecule has 0 aliphatic carbocycles. The maximum atomic E-state index is 3.52. The lowest BCUT2D eigenvalue weighted by atomic mass is 10.0. The van der Waals surface area contributed by atoms with Crippen LogP contribution in [0.5, 0.6) is 0 Å². The van der Waals surface area contributed by atoms with Crippen LogP contribution in [-0.4, -0.2) is 18.0 Å². The third-order valence-corrected chi connectivity index (χ3v) is 5.16. The number of thiophene rings is 1. The summed E-state index contributed by atoms with van der Waals surface area (Å²) in [6.07, 6.45) is 2.40. The maximum absolute atomic E-state index is 3.52. The van der Waals surface area contributed by atoms with Gasteiger partial charge in [-0.05, 0) is 47.5 Å². The highest BCUT2D eigenvalue weighted by atomic mass is 32.1. The summed E-state index contributed by atoms with van der Waals surface area (Å²) in [5.41, 5.74) is 4.45. The lowest BCUT2D eigenvalue weighted by Gasteiger charge is -2.27. The van der Waals surface area contributed by atoms with E-state index in [-0.39, 0.29) is 0 Å². The fraction of sp³-hybridized carbons (Fsp3) is 0.444. The van der Waals surface area contributed by atoms with Gasteiger partial charge in [0.2, 0.25) is 0 Å². The minimum Gasteiger partial charge on any atom is -0.313 e. The molecule has 1 aromatic heterocycles. The van der Waals surface area contributed by atoms with Crippen molar-refractivity contribution in [3.8, 4) is 0 Å². The molecule has 1 aliphatic rings. The molecule has 0 radical (unpaired) electrons. The number of rotatable bonds is 6. The number of hydrogen-bond donors (Lipinski definition) is 1. The molecule has 1 aliphatic heterocycles. The molecule has 2 heterocycles. The Kier molecular flexibility index (Phi) is 5.07. The molecule has 3 heteroatoms. The summed E-state index contributed by atoms with van der Waals surface area (Å²) in [6.45, 7) is 7.65. The van der Waals surface area contributed by atoms with Crippen LogP contribution in [-0.2, 0) is 26.1 Å². The van der Waals surface area contributed by atoms with Gasteiger partial charge < -0.3 is 5.32 Å². The van der Waals surface area contributed by atoms with Crippen LogP contribution in [0, 0.1) is 0 Å². The molecule has 0 bridgehead atoms. The second-order valence-electron chi connectivity index (χ2n) is 5.78. The third kappa shape index (κ3) is 3.73. The van der Waals surface area contributed by atoms with Crippen molar-refractivity contribution in [2.24, 2.45) is 0 Å². The molecule has 2 aromatic rings. The van der Waals surface area contributed by atoms with Gasteiger partial charge in [-0.1, -0.05) is 31.2 Å². The highest BCUT2D eigenvalue weighted by Gasteiger charge is 2.17. The first-order valence-corrected chi connectivity index (χ1v) is 8.80. The van der Waals surface area contributed by atoms with Crippen LogP contribution in [0.15, 0.2) is 35.7 Å². The van der Waals surface area contributed by atoms with Crippen LogP contribution in [0.2, 0.25) is 0 Å². The van der Waals surface area contributed by atoms with Gasteiger partial charge >= 0.3 is 0 Å². The predicted molar refractivity (Wildman–Crippen MR) is 90.6 cm³/mol. The molecule has 2 nitrogen and oxygen atoms in total. The predicted octanol–water partition coefficient (Wildman–Crippen LogP) is 3.81. The smallest absolute Gasteiger partial charge is 0.0248 e. The normalized spacial score (nSPS) is 15.1. The van der Waals surface area contributed by atoms with E-state index >= 15 is 0 Å². The van der Waals surface area contributed by atoms with E-state index in [4.69, 9.17) is 0 Å². The maximum Gasteiger partial charge on any atom is 0.0248 e. The van der Waals surface area contributed by atoms with Crippen LogP contribution < -0.4 is 5.32 Å². The Morgan fingerprint density at radius 3 is 2.90 bits per heavy atom. The van der Waals surface area contributed by atoms with Crippen LogP contribution in [0.1, 0.15) is 34.9 Å². The Balaban J connectivity index is 1.65. The fourth-order valence-electron chi connectivity index (χ4n) is 2.97. The van der Waals surface area contributed by atoms with Crippen LogP contribution in [0.3, 0.4) is 0 Å². The lowest BCUT2D eigenvalue weighted by molar-refractivity contribution is 0.246. The van der Waals surface area contributed by atoms with Gasteiger partial charge in [-0.15, -0.1) is 11.3 Å². The first kappa shape index (κ1) is 14.8.